The van der Waals surface area contributed by atoms with Crippen molar-refractivity contribution in [2.24, 2.45) is 11.8 Å². The van der Waals surface area contributed by atoms with Crippen LogP contribution in [0.1, 0.15) is 49.7 Å². The summed E-state index contributed by atoms with van der Waals surface area (Å²) in [5, 5.41) is 1.60. The van der Waals surface area contributed by atoms with E-state index in [1.54, 1.807) is 18.2 Å². The van der Waals surface area contributed by atoms with E-state index in [1.165, 1.54) is 11.6 Å². The molecule has 4 rings (SSSR count). The minimum atomic E-state index is -0.225. The number of carbonyl (C=O) groups is 1. The fraction of sp³-hybridized carbons (Fsp3) is 0.308. The van der Waals surface area contributed by atoms with Crippen LogP contribution in [-0.2, 0) is 4.79 Å². The third-order valence-corrected chi connectivity index (χ3v) is 6.67. The number of hydrogen-bond donors (Lipinski definition) is 0. The zero-order valence-electron chi connectivity index (χ0n) is 17.0. The van der Waals surface area contributed by atoms with Crippen molar-refractivity contribution in [1.29, 1.82) is 0 Å². The minimum Gasteiger partial charge on any atom is -0.295 e. The fourth-order valence-corrected chi connectivity index (χ4v) is 4.69. The molecule has 0 amide bonds. The van der Waals surface area contributed by atoms with E-state index in [2.05, 4.69) is 4.98 Å². The van der Waals surface area contributed by atoms with Gasteiger partial charge in [0.05, 0.1) is 5.52 Å². The largest absolute Gasteiger partial charge is 0.295 e. The lowest BCUT2D eigenvalue weighted by molar-refractivity contribution is -0.119. The summed E-state index contributed by atoms with van der Waals surface area (Å²) in [4.78, 5) is 17.1. The Morgan fingerprint density at radius 3 is 2.57 bits per heavy atom. The van der Waals surface area contributed by atoms with Gasteiger partial charge in [-0.3, -0.25) is 9.78 Å². The number of pyridine rings is 1. The Morgan fingerprint density at radius 2 is 1.83 bits per heavy atom. The molecule has 1 unspecified atom stereocenters. The van der Waals surface area contributed by atoms with Crippen molar-refractivity contribution >= 4 is 34.4 Å². The normalized spacial score (nSPS) is 20.5. The van der Waals surface area contributed by atoms with Crippen LogP contribution in [0.4, 0.5) is 4.39 Å². The summed E-state index contributed by atoms with van der Waals surface area (Å²) in [6.45, 7) is 2.04. The van der Waals surface area contributed by atoms with Gasteiger partial charge in [-0.2, -0.15) is 0 Å². The second-order valence-corrected chi connectivity index (χ2v) is 8.69. The molecule has 0 spiro atoms. The summed E-state index contributed by atoms with van der Waals surface area (Å²) in [6, 6.07) is 14.3. The molecule has 0 bridgehead atoms. The smallest absolute Gasteiger partial charge is 0.158 e. The topological polar surface area (TPSA) is 30.0 Å². The van der Waals surface area contributed by atoms with E-state index in [-0.39, 0.29) is 17.5 Å². The third-order valence-electron chi connectivity index (χ3n) is 6.41. The number of hydrogen-bond acceptors (Lipinski definition) is 2. The molecule has 0 aliphatic heterocycles. The molecule has 3 aromatic rings. The average Bonchev–Trinajstić information content (AvgIpc) is 2.77. The predicted molar refractivity (Wildman–Crippen MR) is 121 cm³/mol. The van der Waals surface area contributed by atoms with Gasteiger partial charge in [-0.25, -0.2) is 4.39 Å². The SMILES string of the molecule is CC(C(=O)C=Cc1ccc(Cl)cc1)C1CCC(c2ccnc3ccc(F)cc23)CC1. The van der Waals surface area contributed by atoms with Crippen LogP contribution in [0.2, 0.25) is 5.02 Å². The Labute approximate surface area is 181 Å². The van der Waals surface area contributed by atoms with Gasteiger partial charge in [0.2, 0.25) is 0 Å². The molecule has 0 N–H and O–H groups in total. The van der Waals surface area contributed by atoms with E-state index >= 15 is 0 Å². The molecule has 1 aromatic heterocycles. The lowest BCUT2D eigenvalue weighted by Gasteiger charge is -2.32. The Kier molecular flexibility index (Phi) is 6.29. The van der Waals surface area contributed by atoms with Crippen LogP contribution in [-0.4, -0.2) is 10.8 Å². The molecule has 0 saturated heterocycles. The summed E-state index contributed by atoms with van der Waals surface area (Å²) in [6.07, 6.45) is 9.40. The molecule has 1 saturated carbocycles. The van der Waals surface area contributed by atoms with Crippen molar-refractivity contribution in [1.82, 2.24) is 4.98 Å². The maximum absolute atomic E-state index is 13.8. The monoisotopic (exact) mass is 421 g/mol. The first-order chi connectivity index (χ1) is 14.5. The molecular weight excluding hydrogens is 397 g/mol. The van der Waals surface area contributed by atoms with Crippen LogP contribution in [0, 0.1) is 17.7 Å². The van der Waals surface area contributed by atoms with Gasteiger partial charge in [0, 0.05) is 22.5 Å². The number of aromatic nitrogens is 1. The molecule has 2 nitrogen and oxygen atoms in total. The van der Waals surface area contributed by atoms with Crippen molar-refractivity contribution in [2.75, 3.05) is 0 Å². The second-order valence-electron chi connectivity index (χ2n) is 8.25. The number of rotatable bonds is 5. The van der Waals surface area contributed by atoms with E-state index in [1.807, 2.05) is 49.5 Å². The van der Waals surface area contributed by atoms with Gasteiger partial charge in [0.1, 0.15) is 5.82 Å². The lowest BCUT2D eigenvalue weighted by Crippen LogP contribution is -2.24. The summed E-state index contributed by atoms with van der Waals surface area (Å²) >= 11 is 5.91. The predicted octanol–water partition coefficient (Wildman–Crippen LogP) is 7.22. The highest BCUT2D eigenvalue weighted by Crippen LogP contribution is 2.41. The number of carbonyl (C=O) groups excluding carboxylic acids is 1. The molecule has 1 heterocycles. The number of ketones is 1. The summed E-state index contributed by atoms with van der Waals surface area (Å²) < 4.78 is 13.8. The Hall–Kier alpha value is -2.52. The quantitative estimate of drug-likeness (QED) is 0.407. The zero-order valence-corrected chi connectivity index (χ0v) is 17.8. The van der Waals surface area contributed by atoms with Crippen molar-refractivity contribution in [3.05, 3.63) is 82.8 Å². The van der Waals surface area contributed by atoms with Gasteiger partial charge < -0.3 is 0 Å². The Balaban J connectivity index is 1.40. The highest BCUT2D eigenvalue weighted by atomic mass is 35.5. The first-order valence-electron chi connectivity index (χ1n) is 10.5. The van der Waals surface area contributed by atoms with Gasteiger partial charge in [0.15, 0.2) is 5.78 Å². The maximum Gasteiger partial charge on any atom is 0.158 e. The van der Waals surface area contributed by atoms with E-state index in [9.17, 15) is 9.18 Å². The lowest BCUT2D eigenvalue weighted by atomic mass is 9.73. The Bertz CT molecular complexity index is 1070. The van der Waals surface area contributed by atoms with Crippen molar-refractivity contribution in [3.63, 3.8) is 0 Å². The molecule has 1 aliphatic rings. The van der Waals surface area contributed by atoms with Gasteiger partial charge in [-0.05, 0) is 91.1 Å². The molecule has 154 valence electrons. The van der Waals surface area contributed by atoms with Gasteiger partial charge in [-0.1, -0.05) is 36.7 Å². The van der Waals surface area contributed by atoms with E-state index in [0.717, 1.165) is 42.1 Å². The van der Waals surface area contributed by atoms with Crippen LogP contribution >= 0.6 is 11.6 Å². The number of halogens is 2. The molecule has 1 aliphatic carbocycles. The highest BCUT2D eigenvalue weighted by Gasteiger charge is 2.29. The Morgan fingerprint density at radius 1 is 1.10 bits per heavy atom. The van der Waals surface area contributed by atoms with E-state index in [4.69, 9.17) is 11.6 Å². The molecule has 2 aromatic carbocycles. The minimum absolute atomic E-state index is 0.00105. The number of fused-ring (bicyclic) bond motifs is 1. The standard InChI is InChI=1S/C26H25ClFNO/c1-17(26(30)13-4-18-2-9-21(27)10-3-18)19-5-7-20(8-6-19)23-14-15-29-25-12-11-22(28)16-24(23)25/h2-4,9-17,19-20H,5-8H2,1H3. The van der Waals surface area contributed by atoms with Crippen LogP contribution in [0.3, 0.4) is 0 Å². The van der Waals surface area contributed by atoms with Crippen molar-refractivity contribution in [3.8, 4) is 0 Å². The molecule has 30 heavy (non-hydrogen) atoms. The summed E-state index contributed by atoms with van der Waals surface area (Å²) in [7, 11) is 0. The fourth-order valence-electron chi connectivity index (χ4n) is 4.56. The molecule has 1 atom stereocenters. The number of nitrogens with zero attached hydrogens (tertiary/aromatic N) is 1. The first-order valence-corrected chi connectivity index (χ1v) is 10.9. The van der Waals surface area contributed by atoms with Crippen LogP contribution in [0.25, 0.3) is 17.0 Å². The van der Waals surface area contributed by atoms with E-state index < -0.39 is 0 Å². The summed E-state index contributed by atoms with van der Waals surface area (Å²) in [5.74, 6) is 0.719. The summed E-state index contributed by atoms with van der Waals surface area (Å²) in [5.41, 5.74) is 2.99. The zero-order chi connectivity index (χ0) is 21.1. The molecule has 0 radical (unpaired) electrons. The van der Waals surface area contributed by atoms with Crippen LogP contribution in [0.5, 0.6) is 0 Å². The van der Waals surface area contributed by atoms with Crippen molar-refractivity contribution in [2.45, 2.75) is 38.5 Å². The molecule has 1 fully saturated rings. The van der Waals surface area contributed by atoms with E-state index in [0.29, 0.717) is 16.9 Å². The molecule has 4 heteroatoms. The van der Waals surface area contributed by atoms with Gasteiger partial charge in [-0.15, -0.1) is 0 Å². The van der Waals surface area contributed by atoms with Gasteiger partial charge >= 0.3 is 0 Å². The number of allylic oxidation sites excluding steroid dienone is 1. The highest BCUT2D eigenvalue weighted by molar-refractivity contribution is 6.30. The van der Waals surface area contributed by atoms with Crippen LogP contribution in [0.15, 0.2) is 60.8 Å². The first kappa shape index (κ1) is 20.7. The number of benzene rings is 2. The van der Waals surface area contributed by atoms with Crippen molar-refractivity contribution < 1.29 is 9.18 Å². The maximum atomic E-state index is 13.8. The van der Waals surface area contributed by atoms with Crippen LogP contribution < -0.4 is 0 Å². The third kappa shape index (κ3) is 4.62. The second kappa shape index (κ2) is 9.09. The average molecular weight is 422 g/mol. The molecular formula is C26H25ClFNO. The van der Waals surface area contributed by atoms with Gasteiger partial charge in [0.25, 0.3) is 0 Å².